The minimum Gasteiger partial charge on any atom is -0.355 e. The number of nitrogens with zero attached hydrogens (tertiary/aromatic N) is 4. The average molecular weight is 388 g/mol. The van der Waals surface area contributed by atoms with Crippen molar-refractivity contribution in [2.24, 2.45) is 0 Å². The summed E-state index contributed by atoms with van der Waals surface area (Å²) >= 11 is 0. The van der Waals surface area contributed by atoms with Gasteiger partial charge in [0.2, 0.25) is 0 Å². The Balaban J connectivity index is 1.60. The molecule has 0 aliphatic carbocycles. The summed E-state index contributed by atoms with van der Waals surface area (Å²) in [5.74, 6) is -0.385. The molecule has 8 heteroatoms. The number of aromatic nitrogens is 4. The van der Waals surface area contributed by atoms with Gasteiger partial charge < -0.3 is 10.6 Å². The molecule has 0 saturated heterocycles. The van der Waals surface area contributed by atoms with Gasteiger partial charge in [0.1, 0.15) is 11.5 Å². The Kier molecular flexibility index (Phi) is 4.98. The Morgan fingerprint density at radius 1 is 0.966 bits per heavy atom. The molecule has 0 saturated carbocycles. The van der Waals surface area contributed by atoms with E-state index < -0.39 is 5.82 Å². The van der Waals surface area contributed by atoms with E-state index in [0.29, 0.717) is 22.8 Å². The van der Waals surface area contributed by atoms with Gasteiger partial charge in [0, 0.05) is 11.4 Å². The lowest BCUT2D eigenvalue weighted by atomic mass is 10.1. The van der Waals surface area contributed by atoms with Crippen LogP contribution in [0.3, 0.4) is 0 Å². The van der Waals surface area contributed by atoms with Gasteiger partial charge in [-0.25, -0.2) is 4.39 Å². The molecule has 0 unspecified atom stereocenters. The normalized spacial score (nSPS) is 10.6. The fourth-order valence-corrected chi connectivity index (χ4v) is 2.87. The predicted octanol–water partition coefficient (Wildman–Crippen LogP) is 4.11. The number of carbonyl (C=O) groups is 1. The van der Waals surface area contributed by atoms with Gasteiger partial charge in [0.25, 0.3) is 5.91 Å². The molecule has 2 N–H and O–H groups in total. The maximum atomic E-state index is 14.2. The van der Waals surface area contributed by atoms with Gasteiger partial charge in [-0.05, 0) is 59.8 Å². The molecule has 1 aromatic heterocycles. The molecule has 1 heterocycles. The highest BCUT2D eigenvalue weighted by molar-refractivity contribution is 6.08. The molecule has 7 nitrogen and oxygen atoms in total. The molecule has 0 bridgehead atoms. The van der Waals surface area contributed by atoms with Crippen molar-refractivity contribution in [1.29, 1.82) is 0 Å². The van der Waals surface area contributed by atoms with E-state index in [-0.39, 0.29) is 11.6 Å². The van der Waals surface area contributed by atoms with Crippen molar-refractivity contribution in [2.45, 2.75) is 6.92 Å². The Labute approximate surface area is 166 Å². The Bertz CT molecular complexity index is 1160. The third kappa shape index (κ3) is 3.96. The molecular weight excluding hydrogens is 371 g/mol. The van der Waals surface area contributed by atoms with E-state index >= 15 is 0 Å². The number of hydrogen-bond acceptors (Lipinski definition) is 5. The van der Waals surface area contributed by atoms with E-state index in [1.54, 1.807) is 19.1 Å². The van der Waals surface area contributed by atoms with Gasteiger partial charge in [0.15, 0.2) is 5.82 Å². The van der Waals surface area contributed by atoms with Crippen molar-refractivity contribution in [1.82, 2.24) is 20.2 Å². The van der Waals surface area contributed by atoms with E-state index in [4.69, 9.17) is 0 Å². The van der Waals surface area contributed by atoms with Crippen LogP contribution in [0, 0.1) is 12.7 Å². The maximum absolute atomic E-state index is 14.2. The van der Waals surface area contributed by atoms with Crippen LogP contribution < -0.4 is 10.6 Å². The van der Waals surface area contributed by atoms with Gasteiger partial charge in [-0.2, -0.15) is 4.68 Å². The summed E-state index contributed by atoms with van der Waals surface area (Å²) in [5, 5.41) is 17.1. The van der Waals surface area contributed by atoms with Crippen LogP contribution in [0.4, 0.5) is 21.5 Å². The number of benzene rings is 3. The molecule has 4 aromatic rings. The van der Waals surface area contributed by atoms with Gasteiger partial charge in [-0.1, -0.05) is 30.3 Å². The zero-order chi connectivity index (χ0) is 20.2. The molecule has 3 aromatic carbocycles. The number of carbonyl (C=O) groups excluding carboxylic acids is 1. The van der Waals surface area contributed by atoms with Crippen LogP contribution in [-0.4, -0.2) is 26.1 Å². The summed E-state index contributed by atoms with van der Waals surface area (Å²) in [6.07, 6.45) is 0. The summed E-state index contributed by atoms with van der Waals surface area (Å²) < 4.78 is 15.5. The van der Waals surface area contributed by atoms with Crippen molar-refractivity contribution >= 4 is 23.0 Å². The summed E-state index contributed by atoms with van der Waals surface area (Å²) in [5.41, 5.74) is 2.57. The number of amides is 1. The molecular formula is C21H17FN6O. The van der Waals surface area contributed by atoms with Crippen LogP contribution in [0.2, 0.25) is 0 Å². The minimum atomic E-state index is -0.496. The first kappa shape index (κ1) is 18.3. The first-order valence-electron chi connectivity index (χ1n) is 8.89. The van der Waals surface area contributed by atoms with Crippen LogP contribution in [0.25, 0.3) is 5.69 Å². The van der Waals surface area contributed by atoms with Crippen LogP contribution in [-0.2, 0) is 0 Å². The van der Waals surface area contributed by atoms with Crippen molar-refractivity contribution in [2.75, 3.05) is 10.6 Å². The smallest absolute Gasteiger partial charge is 0.257 e. The van der Waals surface area contributed by atoms with Gasteiger partial charge >= 0.3 is 0 Å². The van der Waals surface area contributed by atoms with Crippen molar-refractivity contribution < 1.29 is 9.18 Å². The Morgan fingerprint density at radius 2 is 1.72 bits per heavy atom. The monoisotopic (exact) mass is 388 g/mol. The highest BCUT2D eigenvalue weighted by Gasteiger charge is 2.14. The standard InChI is InChI=1S/C21H17FN6O/c1-14-25-26-27-28(14)20-13-16(11-12-18(20)22)24-21(29)17-9-5-6-10-19(17)23-15-7-3-2-4-8-15/h2-13,23H,1H3,(H,24,29). The van der Waals surface area contributed by atoms with E-state index in [2.05, 4.69) is 26.2 Å². The zero-order valence-electron chi connectivity index (χ0n) is 15.5. The lowest BCUT2D eigenvalue weighted by Gasteiger charge is -2.13. The number of nitrogens with one attached hydrogen (secondary N) is 2. The van der Waals surface area contributed by atoms with E-state index in [1.807, 2.05) is 42.5 Å². The summed E-state index contributed by atoms with van der Waals surface area (Å²) in [7, 11) is 0. The third-order valence-electron chi connectivity index (χ3n) is 4.28. The second-order valence-electron chi connectivity index (χ2n) is 6.29. The molecule has 1 amide bonds. The third-order valence-corrected chi connectivity index (χ3v) is 4.28. The number of anilines is 3. The molecule has 29 heavy (non-hydrogen) atoms. The second-order valence-corrected chi connectivity index (χ2v) is 6.29. The van der Waals surface area contributed by atoms with Crippen molar-refractivity contribution in [3.05, 3.63) is 90.0 Å². The average Bonchev–Trinajstić information content (AvgIpc) is 3.16. The SMILES string of the molecule is Cc1nnnn1-c1cc(NC(=O)c2ccccc2Nc2ccccc2)ccc1F. The molecule has 4 rings (SSSR count). The van der Waals surface area contributed by atoms with Crippen LogP contribution in [0.5, 0.6) is 0 Å². The number of tetrazole rings is 1. The first-order chi connectivity index (χ1) is 14.1. The molecule has 0 fully saturated rings. The number of aryl methyl sites for hydroxylation is 1. The van der Waals surface area contributed by atoms with Crippen LogP contribution >= 0.6 is 0 Å². The van der Waals surface area contributed by atoms with Crippen LogP contribution in [0.1, 0.15) is 16.2 Å². The summed E-state index contributed by atoms with van der Waals surface area (Å²) in [6, 6.07) is 21.0. The molecule has 144 valence electrons. The lowest BCUT2D eigenvalue weighted by Crippen LogP contribution is -2.14. The second kappa shape index (κ2) is 7.89. The zero-order valence-corrected chi connectivity index (χ0v) is 15.5. The summed E-state index contributed by atoms with van der Waals surface area (Å²) in [6.45, 7) is 1.66. The van der Waals surface area contributed by atoms with E-state index in [1.165, 1.54) is 22.9 Å². The molecule has 0 aliphatic heterocycles. The number of para-hydroxylation sites is 2. The lowest BCUT2D eigenvalue weighted by molar-refractivity contribution is 0.102. The van der Waals surface area contributed by atoms with Crippen LogP contribution in [0.15, 0.2) is 72.8 Å². The Hall–Kier alpha value is -4.07. The molecule has 0 spiro atoms. The highest BCUT2D eigenvalue weighted by atomic mass is 19.1. The van der Waals surface area contributed by atoms with Gasteiger partial charge in [0.05, 0.1) is 11.3 Å². The van der Waals surface area contributed by atoms with Gasteiger partial charge in [-0.15, -0.1) is 5.10 Å². The largest absolute Gasteiger partial charge is 0.355 e. The Morgan fingerprint density at radius 3 is 2.48 bits per heavy atom. The number of rotatable bonds is 5. The van der Waals surface area contributed by atoms with Crippen molar-refractivity contribution in [3.63, 3.8) is 0 Å². The van der Waals surface area contributed by atoms with E-state index in [0.717, 1.165) is 5.69 Å². The minimum absolute atomic E-state index is 0.154. The maximum Gasteiger partial charge on any atom is 0.257 e. The van der Waals surface area contributed by atoms with E-state index in [9.17, 15) is 9.18 Å². The number of halogens is 1. The molecule has 0 radical (unpaired) electrons. The summed E-state index contributed by atoms with van der Waals surface area (Å²) in [4.78, 5) is 12.9. The molecule has 0 aliphatic rings. The quantitative estimate of drug-likeness (QED) is 0.538. The highest BCUT2D eigenvalue weighted by Crippen LogP contribution is 2.23. The van der Waals surface area contributed by atoms with Crippen molar-refractivity contribution in [3.8, 4) is 5.69 Å². The fourth-order valence-electron chi connectivity index (χ4n) is 2.87. The van der Waals surface area contributed by atoms with Gasteiger partial charge in [-0.3, -0.25) is 4.79 Å². The first-order valence-corrected chi connectivity index (χ1v) is 8.89. The number of hydrogen-bond donors (Lipinski definition) is 2. The molecule has 0 atom stereocenters. The predicted molar refractivity (Wildman–Crippen MR) is 108 cm³/mol. The topological polar surface area (TPSA) is 84.7 Å². The fraction of sp³-hybridized carbons (Fsp3) is 0.0476.